The van der Waals surface area contributed by atoms with E-state index in [4.69, 9.17) is 0 Å². The zero-order valence-electron chi connectivity index (χ0n) is 16.4. The monoisotopic (exact) mass is 415 g/mol. The number of nitrogens with one attached hydrogen (secondary N) is 1. The SMILES string of the molecule is Cc1nn(-c2ccc(F)cc2)c(C)c1CNC(=O)Cc1ccc(S(C)(=O)=O)cc1. The van der Waals surface area contributed by atoms with Gasteiger partial charge in [-0.05, 0) is 55.8 Å². The quantitative estimate of drug-likeness (QED) is 0.671. The van der Waals surface area contributed by atoms with E-state index in [0.29, 0.717) is 6.54 Å². The predicted octanol–water partition coefficient (Wildman–Crippen LogP) is 2.89. The maximum atomic E-state index is 13.1. The van der Waals surface area contributed by atoms with Crippen molar-refractivity contribution < 1.29 is 17.6 Å². The number of carbonyl (C=O) groups is 1. The average Bonchev–Trinajstić information content (AvgIpc) is 2.94. The molecule has 1 N–H and O–H groups in total. The van der Waals surface area contributed by atoms with Gasteiger partial charge in [0.15, 0.2) is 9.84 Å². The highest BCUT2D eigenvalue weighted by molar-refractivity contribution is 7.90. The van der Waals surface area contributed by atoms with Crippen LogP contribution in [0.2, 0.25) is 0 Å². The molecule has 0 saturated carbocycles. The molecule has 0 spiro atoms. The van der Waals surface area contributed by atoms with Crippen LogP contribution in [0.5, 0.6) is 0 Å². The Labute approximate surface area is 169 Å². The third-order valence-electron chi connectivity index (χ3n) is 4.69. The molecule has 1 amide bonds. The van der Waals surface area contributed by atoms with Gasteiger partial charge < -0.3 is 5.32 Å². The number of benzene rings is 2. The predicted molar refractivity (Wildman–Crippen MR) is 108 cm³/mol. The molecule has 0 aliphatic carbocycles. The van der Waals surface area contributed by atoms with Gasteiger partial charge in [-0.25, -0.2) is 17.5 Å². The molecule has 0 radical (unpaired) electrons. The number of rotatable bonds is 6. The molecule has 1 heterocycles. The summed E-state index contributed by atoms with van der Waals surface area (Å²) in [5.74, 6) is -0.488. The number of aryl methyl sites for hydroxylation is 1. The number of nitrogens with zero attached hydrogens (tertiary/aromatic N) is 2. The summed E-state index contributed by atoms with van der Waals surface area (Å²) in [4.78, 5) is 12.5. The average molecular weight is 415 g/mol. The topological polar surface area (TPSA) is 81.1 Å². The summed E-state index contributed by atoms with van der Waals surface area (Å²) in [6.45, 7) is 4.08. The van der Waals surface area contributed by atoms with Crippen LogP contribution in [0, 0.1) is 19.7 Å². The molecule has 0 saturated heterocycles. The molecule has 3 aromatic rings. The van der Waals surface area contributed by atoms with Gasteiger partial charge in [0.2, 0.25) is 5.91 Å². The fraction of sp³-hybridized carbons (Fsp3) is 0.238. The van der Waals surface area contributed by atoms with Crippen molar-refractivity contribution in [3.63, 3.8) is 0 Å². The Morgan fingerprint density at radius 1 is 1.07 bits per heavy atom. The largest absolute Gasteiger partial charge is 0.352 e. The Hall–Kier alpha value is -3.00. The van der Waals surface area contributed by atoms with E-state index in [1.54, 1.807) is 28.9 Å². The molecular formula is C21H22FN3O3S. The molecule has 2 aromatic carbocycles. The normalized spacial score (nSPS) is 11.4. The zero-order chi connectivity index (χ0) is 21.2. The van der Waals surface area contributed by atoms with Crippen molar-refractivity contribution in [1.82, 2.24) is 15.1 Å². The van der Waals surface area contributed by atoms with Gasteiger partial charge in [-0.1, -0.05) is 12.1 Å². The van der Waals surface area contributed by atoms with Crippen molar-refractivity contribution >= 4 is 15.7 Å². The Kier molecular flexibility index (Phi) is 5.83. The summed E-state index contributed by atoms with van der Waals surface area (Å²) in [6, 6.07) is 12.3. The standard InChI is InChI=1S/C21H22FN3O3S/c1-14-20(15(2)25(24-14)18-8-6-17(22)7-9-18)13-23-21(26)12-16-4-10-19(11-5-16)29(3,27)28/h4-11H,12-13H2,1-3H3,(H,23,26). The summed E-state index contributed by atoms with van der Waals surface area (Å²) < 4.78 is 37.9. The summed E-state index contributed by atoms with van der Waals surface area (Å²) in [5, 5.41) is 7.37. The van der Waals surface area contributed by atoms with Gasteiger partial charge >= 0.3 is 0 Å². The minimum atomic E-state index is -3.26. The van der Waals surface area contributed by atoms with Crippen LogP contribution in [-0.4, -0.2) is 30.4 Å². The number of aromatic nitrogens is 2. The van der Waals surface area contributed by atoms with Crippen molar-refractivity contribution in [1.29, 1.82) is 0 Å². The fourth-order valence-electron chi connectivity index (χ4n) is 3.05. The second kappa shape index (κ2) is 8.16. The Balaban J connectivity index is 1.67. The van der Waals surface area contributed by atoms with Crippen LogP contribution in [-0.2, 0) is 27.6 Å². The van der Waals surface area contributed by atoms with Crippen molar-refractivity contribution in [2.45, 2.75) is 31.7 Å². The fourth-order valence-corrected chi connectivity index (χ4v) is 3.68. The van der Waals surface area contributed by atoms with E-state index in [2.05, 4.69) is 10.4 Å². The summed E-state index contributed by atoms with van der Waals surface area (Å²) in [7, 11) is -3.26. The molecule has 152 valence electrons. The van der Waals surface area contributed by atoms with Crippen LogP contribution in [0.25, 0.3) is 5.69 Å². The molecule has 0 aliphatic rings. The van der Waals surface area contributed by atoms with Crippen molar-refractivity contribution in [3.8, 4) is 5.69 Å². The van der Waals surface area contributed by atoms with Gasteiger partial charge in [-0.2, -0.15) is 5.10 Å². The van der Waals surface area contributed by atoms with E-state index in [1.165, 1.54) is 24.3 Å². The third kappa shape index (κ3) is 4.89. The van der Waals surface area contributed by atoms with Crippen LogP contribution in [0.1, 0.15) is 22.5 Å². The number of amides is 1. The van der Waals surface area contributed by atoms with E-state index in [0.717, 1.165) is 34.5 Å². The van der Waals surface area contributed by atoms with E-state index < -0.39 is 9.84 Å². The molecule has 0 aliphatic heterocycles. The second-order valence-corrected chi connectivity index (χ2v) is 8.92. The highest BCUT2D eigenvalue weighted by Gasteiger charge is 2.14. The van der Waals surface area contributed by atoms with E-state index >= 15 is 0 Å². The van der Waals surface area contributed by atoms with Gasteiger partial charge in [0.1, 0.15) is 5.82 Å². The molecule has 0 atom stereocenters. The molecular weight excluding hydrogens is 393 g/mol. The lowest BCUT2D eigenvalue weighted by Crippen LogP contribution is -2.25. The lowest BCUT2D eigenvalue weighted by atomic mass is 10.1. The van der Waals surface area contributed by atoms with E-state index in [9.17, 15) is 17.6 Å². The first-order valence-corrected chi connectivity index (χ1v) is 10.9. The number of hydrogen-bond acceptors (Lipinski definition) is 4. The number of carbonyl (C=O) groups excluding carboxylic acids is 1. The Morgan fingerprint density at radius 2 is 1.69 bits per heavy atom. The molecule has 8 heteroatoms. The van der Waals surface area contributed by atoms with Crippen molar-refractivity contribution in [2.24, 2.45) is 0 Å². The third-order valence-corrected chi connectivity index (χ3v) is 5.82. The molecule has 1 aromatic heterocycles. The number of halogens is 1. The highest BCUT2D eigenvalue weighted by Crippen LogP contribution is 2.18. The first kappa shape index (κ1) is 20.7. The molecule has 0 fully saturated rings. The number of sulfone groups is 1. The van der Waals surface area contributed by atoms with Crippen LogP contribution < -0.4 is 5.32 Å². The lowest BCUT2D eigenvalue weighted by molar-refractivity contribution is -0.120. The van der Waals surface area contributed by atoms with Gasteiger partial charge in [-0.15, -0.1) is 0 Å². The Bertz CT molecular complexity index is 1140. The maximum absolute atomic E-state index is 13.1. The van der Waals surface area contributed by atoms with Crippen molar-refractivity contribution in [3.05, 3.63) is 76.9 Å². The first-order valence-electron chi connectivity index (χ1n) is 9.02. The summed E-state index contributed by atoms with van der Waals surface area (Å²) >= 11 is 0. The first-order chi connectivity index (χ1) is 13.6. The molecule has 0 bridgehead atoms. The van der Waals surface area contributed by atoms with Crippen LogP contribution in [0.15, 0.2) is 53.4 Å². The summed E-state index contributed by atoms with van der Waals surface area (Å²) in [6.07, 6.45) is 1.29. The maximum Gasteiger partial charge on any atom is 0.224 e. The smallest absolute Gasteiger partial charge is 0.224 e. The van der Waals surface area contributed by atoms with Gasteiger partial charge in [0, 0.05) is 24.1 Å². The summed E-state index contributed by atoms with van der Waals surface area (Å²) in [5.41, 5.74) is 4.02. The molecule has 29 heavy (non-hydrogen) atoms. The molecule has 6 nitrogen and oxygen atoms in total. The second-order valence-electron chi connectivity index (χ2n) is 6.91. The van der Waals surface area contributed by atoms with Crippen LogP contribution in [0.3, 0.4) is 0 Å². The van der Waals surface area contributed by atoms with Gasteiger partial charge in [-0.3, -0.25) is 4.79 Å². The minimum absolute atomic E-state index is 0.147. The Morgan fingerprint density at radius 3 is 2.28 bits per heavy atom. The lowest BCUT2D eigenvalue weighted by Gasteiger charge is -2.08. The highest BCUT2D eigenvalue weighted by atomic mass is 32.2. The van der Waals surface area contributed by atoms with Gasteiger partial charge in [0.05, 0.1) is 22.7 Å². The van der Waals surface area contributed by atoms with Crippen LogP contribution >= 0.6 is 0 Å². The minimum Gasteiger partial charge on any atom is -0.352 e. The van der Waals surface area contributed by atoms with Gasteiger partial charge in [0.25, 0.3) is 0 Å². The number of hydrogen-bond donors (Lipinski definition) is 1. The zero-order valence-corrected chi connectivity index (χ0v) is 17.3. The van der Waals surface area contributed by atoms with E-state index in [1.807, 2.05) is 13.8 Å². The molecule has 0 unspecified atom stereocenters. The van der Waals surface area contributed by atoms with Crippen molar-refractivity contribution in [2.75, 3.05) is 6.26 Å². The van der Waals surface area contributed by atoms with E-state index in [-0.39, 0.29) is 23.0 Å². The van der Waals surface area contributed by atoms with Crippen LogP contribution in [0.4, 0.5) is 4.39 Å². The molecule has 3 rings (SSSR count).